The number of likely N-dealkylation sites (N-methyl/N-ethyl adjacent to an activating group) is 1. The minimum absolute atomic E-state index is 0.180. The highest BCUT2D eigenvalue weighted by Gasteiger charge is 2.46. The summed E-state index contributed by atoms with van der Waals surface area (Å²) in [4.78, 5) is 5.06. The Morgan fingerprint density at radius 3 is 2.52 bits per heavy atom. The molecule has 1 saturated heterocycles. The smallest absolute Gasteiger partial charge is 0.0575 e. The van der Waals surface area contributed by atoms with Crippen molar-refractivity contribution in [1.82, 2.24) is 9.80 Å². The summed E-state index contributed by atoms with van der Waals surface area (Å²) in [6, 6.07) is 9.29. The molecule has 0 saturated carbocycles. The van der Waals surface area contributed by atoms with Crippen LogP contribution in [-0.2, 0) is 12.0 Å². The summed E-state index contributed by atoms with van der Waals surface area (Å²) >= 11 is 0. The average molecular weight is 287 g/mol. The van der Waals surface area contributed by atoms with Gasteiger partial charge >= 0.3 is 0 Å². The Morgan fingerprint density at radius 2 is 1.86 bits per heavy atom. The molecule has 21 heavy (non-hydrogen) atoms. The van der Waals surface area contributed by atoms with Crippen molar-refractivity contribution in [3.05, 3.63) is 35.4 Å². The Hall–Kier alpha value is -0.900. The van der Waals surface area contributed by atoms with Crippen LogP contribution in [0.3, 0.4) is 0 Å². The first-order valence-electron chi connectivity index (χ1n) is 8.30. The fraction of sp³-hybridized carbons (Fsp3) is 0.667. The fourth-order valence-corrected chi connectivity index (χ4v) is 4.23. The largest absolute Gasteiger partial charge is 0.320 e. The van der Waals surface area contributed by atoms with Crippen LogP contribution in [0.2, 0.25) is 0 Å². The highest BCUT2D eigenvalue weighted by molar-refractivity contribution is 5.41. The van der Waals surface area contributed by atoms with Gasteiger partial charge in [-0.3, -0.25) is 4.90 Å². The van der Waals surface area contributed by atoms with Gasteiger partial charge in [-0.1, -0.05) is 38.1 Å². The van der Waals surface area contributed by atoms with E-state index >= 15 is 0 Å². The lowest BCUT2D eigenvalue weighted by molar-refractivity contribution is 0.0670. The second-order valence-corrected chi connectivity index (χ2v) is 7.35. The number of benzene rings is 1. The normalized spacial score (nSPS) is 30.8. The summed E-state index contributed by atoms with van der Waals surface area (Å²) < 4.78 is 0. The predicted octanol–water partition coefficient (Wildman–Crippen LogP) is 2.06. The van der Waals surface area contributed by atoms with Crippen LogP contribution in [0.15, 0.2) is 24.3 Å². The summed E-state index contributed by atoms with van der Waals surface area (Å²) in [6.45, 7) is 9.18. The first-order chi connectivity index (χ1) is 10.0. The molecule has 0 aromatic heterocycles. The van der Waals surface area contributed by atoms with E-state index in [9.17, 15) is 0 Å². The second-order valence-electron chi connectivity index (χ2n) is 7.35. The van der Waals surface area contributed by atoms with Gasteiger partial charge in [0.15, 0.2) is 0 Å². The lowest BCUT2D eigenvalue weighted by Crippen LogP contribution is -2.58. The standard InChI is InChI=1S/C18H29N3/c1-14(2)13-18(19)16-7-5-4-6-15(16)12-17(18)21-10-8-20(3)9-11-21/h4-7,14,17H,8-13,19H2,1-3H3. The topological polar surface area (TPSA) is 32.5 Å². The molecule has 3 rings (SSSR count). The molecule has 2 N–H and O–H groups in total. The predicted molar refractivity (Wildman–Crippen MR) is 88.3 cm³/mol. The molecule has 0 amide bonds. The van der Waals surface area contributed by atoms with Crippen LogP contribution in [0.5, 0.6) is 0 Å². The van der Waals surface area contributed by atoms with Gasteiger partial charge in [0.2, 0.25) is 0 Å². The van der Waals surface area contributed by atoms with E-state index in [1.807, 2.05) is 0 Å². The van der Waals surface area contributed by atoms with Crippen molar-refractivity contribution in [2.45, 2.75) is 38.3 Å². The minimum Gasteiger partial charge on any atom is -0.320 e. The molecule has 1 aliphatic carbocycles. The third kappa shape index (κ3) is 2.75. The van der Waals surface area contributed by atoms with E-state index in [1.165, 1.54) is 11.1 Å². The van der Waals surface area contributed by atoms with Crippen molar-refractivity contribution in [2.24, 2.45) is 11.7 Å². The average Bonchev–Trinajstić information content (AvgIpc) is 2.73. The lowest BCUT2D eigenvalue weighted by atomic mass is 9.81. The van der Waals surface area contributed by atoms with Gasteiger partial charge in [-0.2, -0.15) is 0 Å². The minimum atomic E-state index is -0.180. The molecule has 0 radical (unpaired) electrons. The number of hydrogen-bond donors (Lipinski definition) is 1. The summed E-state index contributed by atoms with van der Waals surface area (Å²) in [5, 5.41) is 0. The molecular weight excluding hydrogens is 258 g/mol. The summed E-state index contributed by atoms with van der Waals surface area (Å²) in [5.74, 6) is 0.621. The van der Waals surface area contributed by atoms with Crippen molar-refractivity contribution < 1.29 is 0 Å². The Morgan fingerprint density at radius 1 is 1.19 bits per heavy atom. The number of nitrogens with two attached hydrogens (primary N) is 1. The Labute approximate surface area is 129 Å². The van der Waals surface area contributed by atoms with Crippen molar-refractivity contribution in [2.75, 3.05) is 33.2 Å². The molecule has 2 aliphatic rings. The molecule has 1 aliphatic heterocycles. The van der Waals surface area contributed by atoms with E-state index < -0.39 is 0 Å². The monoisotopic (exact) mass is 287 g/mol. The van der Waals surface area contributed by atoms with Crippen molar-refractivity contribution in [3.63, 3.8) is 0 Å². The molecule has 0 spiro atoms. The molecule has 1 fully saturated rings. The van der Waals surface area contributed by atoms with E-state index in [1.54, 1.807) is 0 Å². The number of hydrogen-bond acceptors (Lipinski definition) is 3. The summed E-state index contributed by atoms with van der Waals surface area (Å²) in [6.07, 6.45) is 2.18. The maximum Gasteiger partial charge on any atom is 0.0575 e. The van der Waals surface area contributed by atoms with Gasteiger partial charge in [0.25, 0.3) is 0 Å². The van der Waals surface area contributed by atoms with Crippen LogP contribution in [-0.4, -0.2) is 49.1 Å². The van der Waals surface area contributed by atoms with Crippen LogP contribution in [0.1, 0.15) is 31.4 Å². The van der Waals surface area contributed by atoms with Crippen LogP contribution in [0.25, 0.3) is 0 Å². The molecule has 116 valence electrons. The third-order valence-corrected chi connectivity index (χ3v) is 5.25. The summed E-state index contributed by atoms with van der Waals surface area (Å²) in [5.41, 5.74) is 9.70. The van der Waals surface area contributed by atoms with Crippen LogP contribution in [0.4, 0.5) is 0 Å². The highest BCUT2D eigenvalue weighted by Crippen LogP contribution is 2.42. The van der Waals surface area contributed by atoms with Gasteiger partial charge in [-0.15, -0.1) is 0 Å². The first-order valence-corrected chi connectivity index (χ1v) is 8.30. The van der Waals surface area contributed by atoms with E-state index in [2.05, 4.69) is 55.0 Å². The zero-order valence-electron chi connectivity index (χ0n) is 13.7. The van der Waals surface area contributed by atoms with Crippen molar-refractivity contribution in [3.8, 4) is 0 Å². The van der Waals surface area contributed by atoms with Gasteiger partial charge in [0.05, 0.1) is 5.54 Å². The van der Waals surface area contributed by atoms with E-state index in [-0.39, 0.29) is 5.54 Å². The second kappa shape index (κ2) is 5.71. The van der Waals surface area contributed by atoms with Crippen LogP contribution < -0.4 is 5.73 Å². The van der Waals surface area contributed by atoms with Crippen LogP contribution in [0, 0.1) is 5.92 Å². The SMILES string of the molecule is CC(C)CC1(N)c2ccccc2CC1N1CCN(C)CC1. The van der Waals surface area contributed by atoms with Gasteiger partial charge in [-0.25, -0.2) is 0 Å². The number of piperazine rings is 1. The van der Waals surface area contributed by atoms with E-state index in [0.29, 0.717) is 12.0 Å². The molecule has 3 heteroatoms. The maximum atomic E-state index is 7.03. The number of fused-ring (bicyclic) bond motifs is 1. The van der Waals surface area contributed by atoms with E-state index in [4.69, 9.17) is 5.73 Å². The quantitative estimate of drug-likeness (QED) is 0.923. The fourth-order valence-electron chi connectivity index (χ4n) is 4.23. The molecule has 0 bridgehead atoms. The van der Waals surface area contributed by atoms with Gasteiger partial charge in [0.1, 0.15) is 0 Å². The highest BCUT2D eigenvalue weighted by atomic mass is 15.3. The molecule has 1 heterocycles. The molecule has 2 unspecified atom stereocenters. The Bertz CT molecular complexity index is 491. The Kier molecular flexibility index (Phi) is 4.08. The molecule has 1 aromatic rings. The number of nitrogens with zero attached hydrogens (tertiary/aromatic N) is 2. The molecular formula is C18H29N3. The van der Waals surface area contributed by atoms with Crippen molar-refractivity contribution in [1.29, 1.82) is 0 Å². The lowest BCUT2D eigenvalue weighted by Gasteiger charge is -2.44. The molecule has 2 atom stereocenters. The molecule has 3 nitrogen and oxygen atoms in total. The van der Waals surface area contributed by atoms with Gasteiger partial charge in [-0.05, 0) is 36.9 Å². The zero-order chi connectivity index (χ0) is 15.0. The van der Waals surface area contributed by atoms with Gasteiger partial charge in [0, 0.05) is 32.2 Å². The molecule has 1 aromatic carbocycles. The van der Waals surface area contributed by atoms with E-state index in [0.717, 1.165) is 39.0 Å². The van der Waals surface area contributed by atoms with Crippen molar-refractivity contribution >= 4 is 0 Å². The Balaban J connectivity index is 1.90. The zero-order valence-corrected chi connectivity index (χ0v) is 13.7. The van der Waals surface area contributed by atoms with Crippen LogP contribution >= 0.6 is 0 Å². The summed E-state index contributed by atoms with van der Waals surface area (Å²) in [7, 11) is 2.21. The third-order valence-electron chi connectivity index (χ3n) is 5.25. The maximum absolute atomic E-state index is 7.03. The first kappa shape index (κ1) is 15.0. The van der Waals surface area contributed by atoms with Gasteiger partial charge < -0.3 is 10.6 Å². The number of rotatable bonds is 3.